The Kier molecular flexibility index (Phi) is 4.99. The molecule has 1 saturated heterocycles. The second-order valence-electron chi connectivity index (χ2n) is 6.60. The highest BCUT2D eigenvalue weighted by Crippen LogP contribution is 2.32. The highest BCUT2D eigenvalue weighted by Gasteiger charge is 2.33. The van der Waals surface area contributed by atoms with E-state index in [-0.39, 0.29) is 6.54 Å². The predicted molar refractivity (Wildman–Crippen MR) is 98.1 cm³/mol. The van der Waals surface area contributed by atoms with Gasteiger partial charge in [-0.3, -0.25) is 4.90 Å². The molecule has 0 radical (unpaired) electrons. The number of nitrogens with zero attached hydrogens (tertiary/aromatic N) is 6. The molecule has 0 amide bonds. The van der Waals surface area contributed by atoms with Crippen molar-refractivity contribution in [3.63, 3.8) is 0 Å². The molecule has 28 heavy (non-hydrogen) atoms. The van der Waals surface area contributed by atoms with E-state index in [1.54, 1.807) is 23.0 Å². The van der Waals surface area contributed by atoms with Gasteiger partial charge >= 0.3 is 6.18 Å². The molecule has 0 atom stereocenters. The molecule has 3 heterocycles. The first-order chi connectivity index (χ1) is 13.5. The Hall–Kier alpha value is -2.94. The van der Waals surface area contributed by atoms with E-state index in [2.05, 4.69) is 20.0 Å². The fourth-order valence-electron chi connectivity index (χ4n) is 3.35. The van der Waals surface area contributed by atoms with Gasteiger partial charge in [0.25, 0.3) is 0 Å². The van der Waals surface area contributed by atoms with E-state index >= 15 is 0 Å². The number of anilines is 1. The van der Waals surface area contributed by atoms with Crippen molar-refractivity contribution in [3.8, 4) is 5.82 Å². The van der Waals surface area contributed by atoms with Gasteiger partial charge in [0.15, 0.2) is 5.82 Å². The van der Waals surface area contributed by atoms with Gasteiger partial charge in [0.2, 0.25) is 0 Å². The van der Waals surface area contributed by atoms with Crippen molar-refractivity contribution in [2.24, 2.45) is 0 Å². The van der Waals surface area contributed by atoms with Crippen LogP contribution in [0.25, 0.3) is 5.82 Å². The zero-order valence-electron chi connectivity index (χ0n) is 15.0. The Bertz CT molecular complexity index is 917. The van der Waals surface area contributed by atoms with Crippen LogP contribution in [0.5, 0.6) is 0 Å². The lowest BCUT2D eigenvalue weighted by molar-refractivity contribution is -0.138. The molecule has 146 valence electrons. The van der Waals surface area contributed by atoms with Crippen LogP contribution in [0.1, 0.15) is 11.1 Å². The van der Waals surface area contributed by atoms with Crippen molar-refractivity contribution in [1.29, 1.82) is 0 Å². The Balaban J connectivity index is 1.42. The second kappa shape index (κ2) is 7.59. The summed E-state index contributed by atoms with van der Waals surface area (Å²) in [5.74, 6) is 1.47. The largest absolute Gasteiger partial charge is 0.416 e. The maximum atomic E-state index is 13.2. The summed E-state index contributed by atoms with van der Waals surface area (Å²) in [5, 5.41) is 4.17. The standard InChI is InChI=1S/C19H19F3N6/c20-19(21,22)16-5-2-1-4-15(16)13-26-8-10-27(11-9-26)17-12-18(24-14-23-17)28-7-3-6-25-28/h1-7,12,14H,8-11,13H2. The SMILES string of the molecule is FC(F)(F)c1ccccc1CN1CCN(c2cc(-n3cccn3)ncn2)CC1. The summed E-state index contributed by atoms with van der Waals surface area (Å²) in [5.41, 5.74) is -0.247. The molecule has 1 aliphatic rings. The van der Waals surface area contributed by atoms with Crippen molar-refractivity contribution in [2.75, 3.05) is 31.1 Å². The minimum atomic E-state index is -4.33. The molecule has 6 nitrogen and oxygen atoms in total. The van der Waals surface area contributed by atoms with Gasteiger partial charge in [-0.1, -0.05) is 18.2 Å². The highest BCUT2D eigenvalue weighted by molar-refractivity contribution is 5.43. The Morgan fingerprint density at radius 2 is 1.68 bits per heavy atom. The van der Waals surface area contributed by atoms with Crippen LogP contribution in [-0.4, -0.2) is 50.8 Å². The van der Waals surface area contributed by atoms with Crippen molar-refractivity contribution >= 4 is 5.82 Å². The molecule has 2 aromatic heterocycles. The molecule has 0 spiro atoms. The molecule has 0 saturated carbocycles. The molecular formula is C19H19F3N6. The molecule has 1 aromatic carbocycles. The first-order valence-electron chi connectivity index (χ1n) is 8.95. The molecular weight excluding hydrogens is 369 g/mol. The Morgan fingerprint density at radius 3 is 2.39 bits per heavy atom. The van der Waals surface area contributed by atoms with Gasteiger partial charge in [-0.2, -0.15) is 18.3 Å². The molecule has 0 N–H and O–H groups in total. The van der Waals surface area contributed by atoms with Crippen molar-refractivity contribution in [2.45, 2.75) is 12.7 Å². The summed E-state index contributed by atoms with van der Waals surface area (Å²) in [6.07, 6.45) is 0.655. The third-order valence-corrected chi connectivity index (χ3v) is 4.79. The Morgan fingerprint density at radius 1 is 0.929 bits per heavy atom. The summed E-state index contributed by atoms with van der Waals surface area (Å²) in [4.78, 5) is 12.7. The minimum absolute atomic E-state index is 0.284. The minimum Gasteiger partial charge on any atom is -0.354 e. The van der Waals surface area contributed by atoms with Crippen LogP contribution < -0.4 is 4.90 Å². The summed E-state index contributed by atoms with van der Waals surface area (Å²) in [6.45, 7) is 2.97. The molecule has 0 bridgehead atoms. The van der Waals surface area contributed by atoms with Crippen LogP contribution in [0.2, 0.25) is 0 Å². The van der Waals surface area contributed by atoms with Crippen molar-refractivity contribution in [1.82, 2.24) is 24.6 Å². The van der Waals surface area contributed by atoms with Crippen LogP contribution in [0.4, 0.5) is 19.0 Å². The van der Waals surface area contributed by atoms with E-state index in [1.807, 2.05) is 23.2 Å². The first-order valence-corrected chi connectivity index (χ1v) is 8.95. The number of rotatable bonds is 4. The normalized spacial score (nSPS) is 15.8. The van der Waals surface area contributed by atoms with Crippen LogP contribution in [0.15, 0.2) is 55.1 Å². The number of alkyl halides is 3. The molecule has 1 fully saturated rings. The average Bonchev–Trinajstić information content (AvgIpc) is 3.23. The first kappa shape index (κ1) is 18.4. The number of hydrogen-bond acceptors (Lipinski definition) is 5. The van der Waals surface area contributed by atoms with Crippen molar-refractivity contribution < 1.29 is 13.2 Å². The molecule has 4 rings (SSSR count). The maximum Gasteiger partial charge on any atom is 0.416 e. The lowest BCUT2D eigenvalue weighted by atomic mass is 10.1. The number of hydrogen-bond donors (Lipinski definition) is 0. The molecule has 1 aliphatic heterocycles. The van der Waals surface area contributed by atoms with Gasteiger partial charge in [-0.25, -0.2) is 14.6 Å². The van der Waals surface area contributed by atoms with Gasteiger partial charge in [-0.15, -0.1) is 0 Å². The Labute approximate surface area is 160 Å². The summed E-state index contributed by atoms with van der Waals surface area (Å²) < 4.78 is 41.2. The fraction of sp³-hybridized carbons (Fsp3) is 0.316. The quantitative estimate of drug-likeness (QED) is 0.688. The van der Waals surface area contributed by atoms with E-state index in [4.69, 9.17) is 0 Å². The van der Waals surface area contributed by atoms with E-state index in [0.717, 1.165) is 11.9 Å². The maximum absolute atomic E-state index is 13.2. The van der Waals surface area contributed by atoms with Gasteiger partial charge in [0.05, 0.1) is 5.56 Å². The van der Waals surface area contributed by atoms with E-state index in [0.29, 0.717) is 37.6 Å². The second-order valence-corrected chi connectivity index (χ2v) is 6.60. The third-order valence-electron chi connectivity index (χ3n) is 4.79. The summed E-state index contributed by atoms with van der Waals surface area (Å²) in [6, 6.07) is 9.45. The van der Waals surface area contributed by atoms with Crippen LogP contribution in [-0.2, 0) is 12.7 Å². The monoisotopic (exact) mass is 388 g/mol. The van der Waals surface area contributed by atoms with Crippen LogP contribution >= 0.6 is 0 Å². The van der Waals surface area contributed by atoms with Gasteiger partial charge in [0, 0.05) is 51.2 Å². The molecule has 0 unspecified atom stereocenters. The zero-order chi connectivity index (χ0) is 19.6. The van der Waals surface area contributed by atoms with Gasteiger partial charge in [-0.05, 0) is 17.7 Å². The van der Waals surface area contributed by atoms with E-state index in [1.165, 1.54) is 12.4 Å². The lowest BCUT2D eigenvalue weighted by Gasteiger charge is -2.35. The highest BCUT2D eigenvalue weighted by atomic mass is 19.4. The smallest absolute Gasteiger partial charge is 0.354 e. The topological polar surface area (TPSA) is 50.1 Å². The van der Waals surface area contributed by atoms with Gasteiger partial charge < -0.3 is 4.90 Å². The number of aromatic nitrogens is 4. The van der Waals surface area contributed by atoms with E-state index in [9.17, 15) is 13.2 Å². The summed E-state index contributed by atoms with van der Waals surface area (Å²) >= 11 is 0. The average molecular weight is 388 g/mol. The number of halogens is 3. The third kappa shape index (κ3) is 3.99. The lowest BCUT2D eigenvalue weighted by Crippen LogP contribution is -2.46. The predicted octanol–water partition coefficient (Wildman–Crippen LogP) is 3.00. The summed E-state index contributed by atoms with van der Waals surface area (Å²) in [7, 11) is 0. The van der Waals surface area contributed by atoms with Crippen LogP contribution in [0, 0.1) is 0 Å². The number of piperazine rings is 1. The molecule has 0 aliphatic carbocycles. The number of benzene rings is 1. The van der Waals surface area contributed by atoms with Crippen LogP contribution in [0.3, 0.4) is 0 Å². The van der Waals surface area contributed by atoms with Crippen molar-refractivity contribution in [3.05, 3.63) is 66.2 Å². The molecule has 3 aromatic rings. The fourth-order valence-corrected chi connectivity index (χ4v) is 3.35. The van der Waals surface area contributed by atoms with E-state index < -0.39 is 11.7 Å². The van der Waals surface area contributed by atoms with Gasteiger partial charge in [0.1, 0.15) is 12.1 Å². The zero-order valence-corrected chi connectivity index (χ0v) is 15.0. The molecule has 9 heteroatoms.